The fourth-order valence-corrected chi connectivity index (χ4v) is 5.95. The van der Waals surface area contributed by atoms with Gasteiger partial charge in [0, 0.05) is 28.6 Å². The summed E-state index contributed by atoms with van der Waals surface area (Å²) in [6.07, 6.45) is 2.10. The number of para-hydroxylation sites is 2. The van der Waals surface area contributed by atoms with Crippen molar-refractivity contribution in [3.63, 3.8) is 0 Å². The molecule has 5 heteroatoms. The molecule has 44 heavy (non-hydrogen) atoms. The first kappa shape index (κ1) is 25.6. The van der Waals surface area contributed by atoms with Crippen LogP contribution in [0.2, 0.25) is 0 Å². The number of hydrogen-bond acceptors (Lipinski definition) is 4. The number of nitriles is 1. The minimum atomic E-state index is 0.644. The van der Waals surface area contributed by atoms with Crippen LogP contribution in [0.3, 0.4) is 0 Å². The number of aromatic nitrogens is 2. The molecule has 0 bridgehead atoms. The van der Waals surface area contributed by atoms with Gasteiger partial charge in [-0.15, -0.1) is 0 Å². The van der Waals surface area contributed by atoms with E-state index in [0.717, 1.165) is 72.7 Å². The highest BCUT2D eigenvalue weighted by atomic mass is 16.3. The minimum Gasteiger partial charge on any atom is -0.437 e. The summed E-state index contributed by atoms with van der Waals surface area (Å²) in [5.41, 5.74) is 12.8. The summed E-state index contributed by atoms with van der Waals surface area (Å²) in [7, 11) is 0. The standard InChI is InChI=1S/C39H26N4O/c1-26-23-30(17-21-35(26)43(32-7-3-2-4-8-32)33-19-11-27(24-40)12-20-33)28-13-15-29(16-14-28)31-18-22-37-41-38-34-9-5-6-10-36(34)44-39(38)42(37)25-31/h2-23,25H,1H3. The van der Waals surface area contributed by atoms with Crippen molar-refractivity contribution in [1.29, 1.82) is 5.26 Å². The Kier molecular flexibility index (Phi) is 5.99. The summed E-state index contributed by atoms with van der Waals surface area (Å²) >= 11 is 0. The van der Waals surface area contributed by atoms with Crippen LogP contribution in [-0.4, -0.2) is 9.38 Å². The van der Waals surface area contributed by atoms with E-state index in [0.29, 0.717) is 5.56 Å². The maximum Gasteiger partial charge on any atom is 0.232 e. The molecule has 0 unspecified atom stereocenters. The fraction of sp³-hybridized carbons (Fsp3) is 0.0256. The maximum atomic E-state index is 9.29. The van der Waals surface area contributed by atoms with E-state index < -0.39 is 0 Å². The average Bonchev–Trinajstić information content (AvgIpc) is 3.62. The van der Waals surface area contributed by atoms with Crippen LogP contribution in [0.15, 0.2) is 144 Å². The van der Waals surface area contributed by atoms with Crippen molar-refractivity contribution in [3.8, 4) is 28.3 Å². The average molecular weight is 567 g/mol. The van der Waals surface area contributed by atoms with Crippen molar-refractivity contribution in [2.24, 2.45) is 0 Å². The SMILES string of the molecule is Cc1cc(-c2ccc(-c3ccc4nc5c6ccccc6oc5n4c3)cc2)ccc1N(c1ccccc1)c1ccc(C#N)cc1. The molecule has 0 saturated carbocycles. The summed E-state index contributed by atoms with van der Waals surface area (Å²) < 4.78 is 8.20. The van der Waals surface area contributed by atoms with Gasteiger partial charge in [0.15, 0.2) is 0 Å². The van der Waals surface area contributed by atoms with Crippen molar-refractivity contribution in [2.75, 3.05) is 4.90 Å². The first-order chi connectivity index (χ1) is 21.7. The molecule has 0 fully saturated rings. The van der Waals surface area contributed by atoms with E-state index in [1.54, 1.807) is 0 Å². The smallest absolute Gasteiger partial charge is 0.232 e. The van der Waals surface area contributed by atoms with E-state index in [9.17, 15) is 5.26 Å². The van der Waals surface area contributed by atoms with Crippen molar-refractivity contribution < 1.29 is 4.42 Å². The van der Waals surface area contributed by atoms with Gasteiger partial charge < -0.3 is 9.32 Å². The molecule has 0 aliphatic carbocycles. The van der Waals surface area contributed by atoms with Crippen LogP contribution in [0.25, 0.3) is 50.1 Å². The number of anilines is 3. The van der Waals surface area contributed by atoms with Crippen LogP contribution in [0.5, 0.6) is 0 Å². The quantitative estimate of drug-likeness (QED) is 0.208. The van der Waals surface area contributed by atoms with Crippen LogP contribution in [0.4, 0.5) is 17.1 Å². The van der Waals surface area contributed by atoms with Crippen molar-refractivity contribution in [2.45, 2.75) is 6.92 Å². The first-order valence-electron chi connectivity index (χ1n) is 14.5. The minimum absolute atomic E-state index is 0.644. The van der Waals surface area contributed by atoms with E-state index in [2.05, 4.69) is 84.8 Å². The maximum absolute atomic E-state index is 9.29. The zero-order chi connectivity index (χ0) is 29.6. The normalized spacial score (nSPS) is 11.3. The summed E-state index contributed by atoms with van der Waals surface area (Å²) in [6.45, 7) is 2.14. The third kappa shape index (κ3) is 4.29. The molecule has 0 radical (unpaired) electrons. The zero-order valence-electron chi connectivity index (χ0n) is 24.0. The van der Waals surface area contributed by atoms with Gasteiger partial charge in [-0.1, -0.05) is 60.7 Å². The topological polar surface area (TPSA) is 57.5 Å². The van der Waals surface area contributed by atoms with Gasteiger partial charge in [0.2, 0.25) is 5.71 Å². The van der Waals surface area contributed by atoms with Crippen molar-refractivity contribution >= 4 is 44.9 Å². The second-order valence-electron chi connectivity index (χ2n) is 10.9. The van der Waals surface area contributed by atoms with Crippen molar-refractivity contribution in [3.05, 3.63) is 151 Å². The second-order valence-corrected chi connectivity index (χ2v) is 10.9. The van der Waals surface area contributed by atoms with E-state index >= 15 is 0 Å². The predicted octanol–water partition coefficient (Wildman–Crippen LogP) is 10.2. The molecule has 0 atom stereocenters. The Morgan fingerprint density at radius 2 is 1.34 bits per heavy atom. The molecule has 8 rings (SSSR count). The fourth-order valence-electron chi connectivity index (χ4n) is 5.95. The molecule has 0 amide bonds. The number of pyridine rings is 1. The third-order valence-electron chi connectivity index (χ3n) is 8.18. The molecule has 8 aromatic rings. The molecule has 0 N–H and O–H groups in total. The lowest BCUT2D eigenvalue weighted by molar-refractivity contribution is 0.649. The van der Waals surface area contributed by atoms with Gasteiger partial charge in [-0.05, 0) is 108 Å². The Labute approximate surface area is 254 Å². The van der Waals surface area contributed by atoms with Crippen LogP contribution in [-0.2, 0) is 0 Å². The predicted molar refractivity (Wildman–Crippen MR) is 177 cm³/mol. The lowest BCUT2D eigenvalue weighted by atomic mass is 9.98. The highest BCUT2D eigenvalue weighted by Gasteiger charge is 2.16. The van der Waals surface area contributed by atoms with Gasteiger partial charge >= 0.3 is 0 Å². The van der Waals surface area contributed by atoms with Gasteiger partial charge in [0.25, 0.3) is 0 Å². The summed E-state index contributed by atoms with van der Waals surface area (Å²) in [5.74, 6) is 0. The van der Waals surface area contributed by atoms with Gasteiger partial charge in [-0.3, -0.25) is 4.40 Å². The molecule has 0 aliphatic heterocycles. The number of benzene rings is 5. The van der Waals surface area contributed by atoms with Crippen LogP contribution in [0.1, 0.15) is 11.1 Å². The van der Waals surface area contributed by atoms with Gasteiger partial charge in [0.1, 0.15) is 16.7 Å². The number of nitrogens with zero attached hydrogens (tertiary/aromatic N) is 4. The Morgan fingerprint density at radius 1 is 0.682 bits per heavy atom. The van der Waals surface area contributed by atoms with Crippen LogP contribution < -0.4 is 4.90 Å². The summed E-state index contributed by atoms with van der Waals surface area (Å²) in [6, 6.07) is 47.7. The Hall–Kier alpha value is -6.12. The molecule has 5 aromatic carbocycles. The summed E-state index contributed by atoms with van der Waals surface area (Å²) in [4.78, 5) is 7.05. The van der Waals surface area contributed by atoms with Gasteiger partial charge in [-0.2, -0.15) is 5.26 Å². The lowest BCUT2D eigenvalue weighted by Gasteiger charge is -2.27. The Bertz CT molecular complexity index is 2340. The molecule has 5 nitrogen and oxygen atoms in total. The molecule has 0 saturated heterocycles. The molecule has 3 aromatic heterocycles. The molecule has 0 aliphatic rings. The molecular formula is C39H26N4O. The van der Waals surface area contributed by atoms with Crippen molar-refractivity contribution in [1.82, 2.24) is 9.38 Å². The molecule has 0 spiro atoms. The first-order valence-corrected chi connectivity index (χ1v) is 14.5. The molecule has 3 heterocycles. The van der Waals surface area contributed by atoms with E-state index in [4.69, 9.17) is 9.40 Å². The van der Waals surface area contributed by atoms with Crippen LogP contribution >= 0.6 is 0 Å². The number of fused-ring (bicyclic) bond motifs is 5. The van der Waals surface area contributed by atoms with Gasteiger partial charge in [-0.25, -0.2) is 4.98 Å². The number of imidazole rings is 1. The monoisotopic (exact) mass is 566 g/mol. The second kappa shape index (κ2) is 10.3. The third-order valence-corrected chi connectivity index (χ3v) is 8.18. The Balaban J connectivity index is 1.12. The summed E-state index contributed by atoms with van der Waals surface area (Å²) in [5, 5.41) is 10.3. The van der Waals surface area contributed by atoms with E-state index in [1.807, 2.05) is 77.2 Å². The lowest BCUT2D eigenvalue weighted by Crippen LogP contribution is -2.11. The number of aryl methyl sites for hydroxylation is 1. The number of rotatable bonds is 5. The highest BCUT2D eigenvalue weighted by molar-refractivity contribution is 6.02. The van der Waals surface area contributed by atoms with E-state index in [-0.39, 0.29) is 0 Å². The zero-order valence-corrected chi connectivity index (χ0v) is 24.0. The van der Waals surface area contributed by atoms with Crippen LogP contribution in [0, 0.1) is 18.3 Å². The Morgan fingerprint density at radius 3 is 2.09 bits per heavy atom. The molecular weight excluding hydrogens is 540 g/mol. The highest BCUT2D eigenvalue weighted by Crippen LogP contribution is 2.38. The number of furan rings is 1. The van der Waals surface area contributed by atoms with Gasteiger partial charge in [0.05, 0.1) is 11.6 Å². The molecule has 208 valence electrons. The number of hydrogen-bond donors (Lipinski definition) is 0. The largest absolute Gasteiger partial charge is 0.437 e. The van der Waals surface area contributed by atoms with E-state index in [1.165, 1.54) is 0 Å².